The van der Waals surface area contributed by atoms with E-state index in [9.17, 15) is 0 Å². The topological polar surface area (TPSA) is 0 Å². The fourth-order valence-corrected chi connectivity index (χ4v) is 37.1. The Hall–Kier alpha value is -5.37. The third kappa shape index (κ3) is 2.47. The largest absolute Gasteiger partial charge is 0.112 e. The first kappa shape index (κ1) is 37.9. The van der Waals surface area contributed by atoms with Crippen molar-refractivity contribution in [3.05, 3.63) is 140 Å². The number of thioether (sulfide) groups is 1. The van der Waals surface area contributed by atoms with Crippen molar-refractivity contribution in [1.29, 1.82) is 0 Å². The summed E-state index contributed by atoms with van der Waals surface area (Å²) in [7, 11) is 0. The minimum absolute atomic E-state index is 0.0000663. The maximum absolute atomic E-state index is 2.93. The van der Waals surface area contributed by atoms with E-state index < -0.39 is 0 Å². The molecule has 2 spiro atoms. The monoisotopic (exact) mass is 1070 g/mol. The maximum Gasteiger partial charge on any atom is 0.0645 e. The third-order valence-electron chi connectivity index (χ3n) is 34.6. The molecular formula is C82H56S. The Labute approximate surface area is 483 Å². The molecule has 24 atom stereocenters. The van der Waals surface area contributed by atoms with Gasteiger partial charge in [0.05, 0.1) is 4.75 Å². The number of hydrogen-bond acceptors (Lipinski definition) is 1. The second-order valence-corrected chi connectivity index (χ2v) is 35.7. The van der Waals surface area contributed by atoms with Crippen LogP contribution in [0, 0.1) is 23.7 Å². The van der Waals surface area contributed by atoms with Crippen LogP contribution in [0.4, 0.5) is 0 Å². The molecule has 1 heterocycles. The first-order valence-corrected chi connectivity index (χ1v) is 36.1. The minimum Gasteiger partial charge on any atom is -0.112 e. The van der Waals surface area contributed by atoms with Crippen LogP contribution in [-0.4, -0.2) is 0 Å². The van der Waals surface area contributed by atoms with Crippen LogP contribution in [0.5, 0.6) is 0 Å². The van der Waals surface area contributed by atoms with Crippen molar-refractivity contribution >= 4 is 97.9 Å². The minimum atomic E-state index is 0.0000663. The summed E-state index contributed by atoms with van der Waals surface area (Å²) >= 11 is 2.73. The average molecular weight is 1070 g/mol. The molecule has 1 aliphatic heterocycles. The van der Waals surface area contributed by atoms with Gasteiger partial charge in [0.15, 0.2) is 0 Å². The van der Waals surface area contributed by atoms with E-state index in [0.29, 0.717) is 118 Å². The van der Waals surface area contributed by atoms with Gasteiger partial charge in [0.1, 0.15) is 0 Å². The van der Waals surface area contributed by atoms with Gasteiger partial charge in [0.2, 0.25) is 0 Å². The summed E-state index contributed by atoms with van der Waals surface area (Å²) in [6.07, 6.45) is 13.4. The normalized spacial score (nSPS) is 43.1. The van der Waals surface area contributed by atoms with Gasteiger partial charge in [-0.15, -0.1) is 11.8 Å². The molecule has 0 nitrogen and oxygen atoms in total. The van der Waals surface area contributed by atoms with Crippen molar-refractivity contribution < 1.29 is 0 Å². The number of unbranched alkanes of at least 4 members (excludes halogenated alkanes) is 2. The second-order valence-electron chi connectivity index (χ2n) is 34.4. The quantitative estimate of drug-likeness (QED) is 0.110. The van der Waals surface area contributed by atoms with Gasteiger partial charge < -0.3 is 0 Å². The summed E-state index contributed by atoms with van der Waals surface area (Å²) in [5.41, 5.74) is 50.9. The molecule has 23 aliphatic rings. The van der Waals surface area contributed by atoms with Crippen LogP contribution < -0.4 is 0 Å². The van der Waals surface area contributed by atoms with Crippen molar-refractivity contribution in [3.8, 4) is 11.1 Å². The smallest absolute Gasteiger partial charge is 0.0645 e. The molecule has 0 aromatic heterocycles. The summed E-state index contributed by atoms with van der Waals surface area (Å²) in [6.45, 7) is 10.1. The van der Waals surface area contributed by atoms with Gasteiger partial charge in [-0.05, 0) is 368 Å². The number of hydrogen-bond donors (Lipinski definition) is 0. The second kappa shape index (κ2) is 9.79. The van der Waals surface area contributed by atoms with Gasteiger partial charge in [0, 0.05) is 10.3 Å². The van der Waals surface area contributed by atoms with Gasteiger partial charge in [-0.1, -0.05) is 91.2 Å². The number of benzene rings is 10. The molecule has 22 aliphatic carbocycles. The molecule has 11 aromatic rings. The van der Waals surface area contributed by atoms with Gasteiger partial charge in [-0.25, -0.2) is 0 Å². The van der Waals surface area contributed by atoms with Crippen LogP contribution >= 0.6 is 11.8 Å². The lowest BCUT2D eigenvalue weighted by atomic mass is 9.39. The molecular weight excluding hydrogens is 1020 g/mol. The molecule has 0 bridgehead atoms. The molecule has 1 fully saturated rings. The number of fused-ring (bicyclic) bond motifs is 1. The van der Waals surface area contributed by atoms with Gasteiger partial charge >= 0.3 is 0 Å². The van der Waals surface area contributed by atoms with Crippen LogP contribution in [0.1, 0.15) is 314 Å². The molecule has 0 N–H and O–H groups in total. The summed E-state index contributed by atoms with van der Waals surface area (Å²) in [5, 5.41) is 31.1. The predicted molar refractivity (Wildman–Crippen MR) is 331 cm³/mol. The van der Waals surface area contributed by atoms with Crippen LogP contribution in [-0.2, 0) is 23.0 Å². The Morgan fingerprint density at radius 1 is 0.325 bits per heavy atom. The Morgan fingerprint density at radius 2 is 0.639 bits per heavy atom. The molecule has 390 valence electrons. The molecule has 24 unspecified atom stereocenters. The van der Waals surface area contributed by atoms with Crippen molar-refractivity contribution in [1.82, 2.24) is 0 Å². The van der Waals surface area contributed by atoms with E-state index in [-0.39, 0.29) is 10.2 Å². The van der Waals surface area contributed by atoms with E-state index >= 15 is 0 Å². The highest BCUT2D eigenvalue weighted by Gasteiger charge is 2.90. The van der Waals surface area contributed by atoms with Crippen LogP contribution in [0.2, 0.25) is 0 Å². The van der Waals surface area contributed by atoms with Crippen LogP contribution in [0.15, 0.2) is 17.0 Å². The first-order chi connectivity index (χ1) is 41.2. The van der Waals surface area contributed by atoms with E-state index in [4.69, 9.17) is 0 Å². The molecule has 83 heavy (non-hydrogen) atoms. The fourth-order valence-electron chi connectivity index (χ4n) is 34.9. The number of rotatable bonds is 12. The Balaban J connectivity index is 0.893. The molecule has 1 saturated carbocycles. The van der Waals surface area contributed by atoms with E-state index in [1.807, 2.05) is 152 Å². The third-order valence-corrected chi connectivity index (χ3v) is 36.4. The Kier molecular flexibility index (Phi) is 4.47. The van der Waals surface area contributed by atoms with Crippen molar-refractivity contribution in [2.45, 2.75) is 213 Å². The molecule has 11 aromatic carbocycles. The molecule has 34 rings (SSSR count). The highest BCUT2D eigenvalue weighted by Crippen LogP contribution is 3.01. The van der Waals surface area contributed by atoms with Gasteiger partial charge in [0.25, 0.3) is 0 Å². The van der Waals surface area contributed by atoms with Crippen molar-refractivity contribution in [2.75, 3.05) is 0 Å². The van der Waals surface area contributed by atoms with E-state index in [1.165, 1.54) is 64.2 Å². The van der Waals surface area contributed by atoms with Crippen molar-refractivity contribution in [3.63, 3.8) is 0 Å². The lowest BCUT2D eigenvalue weighted by Gasteiger charge is -2.65. The first-order valence-electron chi connectivity index (χ1n) is 35.2. The standard InChI is InChI=1S/C82H56S/c1-5-9-11-17(7-3)15-19-13-14-20(16-18(8-4)12-10-6-2)80-75(19)81-76-67-59-49-39-31-23-21-22-25-29-27(23)35-43-37(29)47-41-33(25)34-26(22)30-28-24(21)32(31)40-46-36(28)44-38(30)48-42(34)52-51(41)63-57(47)65-55(43)61(53(59)45(35)39)69(76)71(65)78-73(63)74-64(52)58(48)66-56(44)62-54(46)60(50(40)49)68(67)77(81)70(62)72(66)79(74)82(78,81)83-80/h13-14,17-18,23,25,27,29,31,33,39,41,49-52,60,64,68,70,72,74,77,79H,5-12,15-16H2,1-4H3. The molecule has 1 heteroatoms. The fraction of sp³-hybridized carbons (Fsp3) is 0.463. The molecule has 0 saturated heterocycles. The van der Waals surface area contributed by atoms with E-state index in [2.05, 4.69) is 129 Å². The SMILES string of the molecule is CCCCC(CC)Cc1ccc(CC(CC)CCCC)c2c1SC13c4c5c6c7c8c9c%10c%11c%12c%13c%14c%15c(c%16c%13c%10c7c4-%16)C21C1C%15C2c4c7c%10c%13c%15c%16c%17c%18c%19c%20c%21c%22c%23c(c4c4c%22c%19c%16c%104)C2C%14C%12C%23C%21C%11C9C%20C%18C8C6C%17C%15C5C3C%13C71. The van der Waals surface area contributed by atoms with Gasteiger partial charge in [-0.3, -0.25) is 0 Å². The lowest BCUT2D eigenvalue weighted by molar-refractivity contribution is 0.0336. The highest BCUT2D eigenvalue weighted by molar-refractivity contribution is 8.00. The molecule has 0 amide bonds. The highest BCUT2D eigenvalue weighted by atomic mass is 32.2. The zero-order chi connectivity index (χ0) is 51.1. The summed E-state index contributed by atoms with van der Waals surface area (Å²) in [6, 6.07) is 5.79. The van der Waals surface area contributed by atoms with Gasteiger partial charge in [-0.2, -0.15) is 0 Å². The zero-order valence-corrected chi connectivity index (χ0v) is 48.2. The van der Waals surface area contributed by atoms with E-state index in [0.717, 1.165) is 11.8 Å². The Morgan fingerprint density at radius 3 is 1.07 bits per heavy atom. The summed E-state index contributed by atoms with van der Waals surface area (Å²) in [5.74, 6) is 14.7. The average Bonchev–Trinajstić information content (AvgIpc) is 1.38. The summed E-state index contributed by atoms with van der Waals surface area (Å²) in [4.78, 5) is 1.91. The zero-order valence-electron chi connectivity index (χ0n) is 47.3. The van der Waals surface area contributed by atoms with Crippen LogP contribution in [0.25, 0.3) is 97.3 Å². The maximum atomic E-state index is 2.93. The Bertz CT molecular complexity index is 5800. The molecule has 0 radical (unpaired) electrons. The van der Waals surface area contributed by atoms with E-state index in [1.54, 1.807) is 0 Å². The van der Waals surface area contributed by atoms with Crippen LogP contribution in [0.3, 0.4) is 0 Å². The predicted octanol–water partition coefficient (Wildman–Crippen LogP) is 20.0. The van der Waals surface area contributed by atoms with Crippen molar-refractivity contribution in [2.24, 2.45) is 23.7 Å². The summed E-state index contributed by atoms with van der Waals surface area (Å²) < 4.78 is 0.0317. The lowest BCUT2D eigenvalue weighted by Crippen LogP contribution is -2.62.